The van der Waals surface area contributed by atoms with E-state index < -0.39 is 17.7 Å². The van der Waals surface area contributed by atoms with Gasteiger partial charge in [0.2, 0.25) is 0 Å². The lowest BCUT2D eigenvalue weighted by Crippen LogP contribution is -2.42. The Kier molecular flexibility index (Phi) is 6.72. The van der Waals surface area contributed by atoms with Gasteiger partial charge in [-0.05, 0) is 39.5 Å². The van der Waals surface area contributed by atoms with Crippen LogP contribution in [0.4, 0.5) is 4.79 Å². The number of amides is 1. The van der Waals surface area contributed by atoms with E-state index in [1.54, 1.807) is 6.08 Å². The van der Waals surface area contributed by atoms with Crippen LogP contribution < -0.4 is 5.32 Å². The van der Waals surface area contributed by atoms with Gasteiger partial charge in [-0.2, -0.15) is 0 Å². The molecule has 0 heterocycles. The molecular formula is C16H27NO4. The molecule has 1 saturated carbocycles. The Balaban J connectivity index is 2.68. The Morgan fingerprint density at radius 3 is 2.33 bits per heavy atom. The van der Waals surface area contributed by atoms with E-state index in [9.17, 15) is 9.59 Å². The second kappa shape index (κ2) is 8.05. The average molecular weight is 297 g/mol. The molecule has 5 heteroatoms. The van der Waals surface area contributed by atoms with Crippen molar-refractivity contribution in [3.05, 3.63) is 12.2 Å². The van der Waals surface area contributed by atoms with Gasteiger partial charge in [-0.15, -0.1) is 0 Å². The second-order valence-corrected chi connectivity index (χ2v) is 6.45. The fraction of sp³-hybridized carbons (Fsp3) is 0.750. The molecule has 0 aromatic rings. The molecule has 1 N–H and O–H groups in total. The summed E-state index contributed by atoms with van der Waals surface area (Å²) in [6.07, 6.45) is 8.27. The molecule has 21 heavy (non-hydrogen) atoms. The number of carbonyl (C=O) groups excluding carboxylic acids is 2. The number of ether oxygens (including phenoxy) is 2. The Morgan fingerprint density at radius 2 is 1.81 bits per heavy atom. The highest BCUT2D eigenvalue weighted by molar-refractivity contribution is 5.82. The van der Waals surface area contributed by atoms with Gasteiger partial charge in [-0.1, -0.05) is 25.3 Å². The molecule has 1 aliphatic carbocycles. The van der Waals surface area contributed by atoms with E-state index in [1.165, 1.54) is 19.6 Å². The normalized spacial score (nSPS) is 18.3. The lowest BCUT2D eigenvalue weighted by molar-refractivity contribution is -0.134. The van der Waals surface area contributed by atoms with E-state index in [1.807, 2.05) is 20.8 Å². The zero-order valence-corrected chi connectivity index (χ0v) is 13.5. The summed E-state index contributed by atoms with van der Waals surface area (Å²) < 4.78 is 9.90. The maximum Gasteiger partial charge on any atom is 0.408 e. The fourth-order valence-corrected chi connectivity index (χ4v) is 2.51. The molecule has 0 bridgehead atoms. The molecule has 0 saturated heterocycles. The van der Waals surface area contributed by atoms with Crippen molar-refractivity contribution in [2.45, 2.75) is 64.5 Å². The SMILES string of the molecule is COC(=O)/C=C\[C@H](NC(=O)OC(C)(C)C)C1CCCCC1. The zero-order chi connectivity index (χ0) is 15.9. The summed E-state index contributed by atoms with van der Waals surface area (Å²) >= 11 is 0. The van der Waals surface area contributed by atoms with Gasteiger partial charge in [0, 0.05) is 6.08 Å². The van der Waals surface area contributed by atoms with E-state index in [-0.39, 0.29) is 6.04 Å². The Bertz CT molecular complexity index is 378. The van der Waals surface area contributed by atoms with Gasteiger partial charge < -0.3 is 14.8 Å². The maximum absolute atomic E-state index is 11.9. The van der Waals surface area contributed by atoms with Gasteiger partial charge in [0.05, 0.1) is 13.2 Å². The number of hydrogen-bond acceptors (Lipinski definition) is 4. The first kappa shape index (κ1) is 17.5. The van der Waals surface area contributed by atoms with Crippen LogP contribution in [-0.4, -0.2) is 30.8 Å². The number of esters is 1. The third-order valence-electron chi connectivity index (χ3n) is 3.48. The minimum absolute atomic E-state index is 0.195. The summed E-state index contributed by atoms with van der Waals surface area (Å²) in [5.74, 6) is -0.0750. The van der Waals surface area contributed by atoms with Crippen molar-refractivity contribution in [1.82, 2.24) is 5.32 Å². The van der Waals surface area contributed by atoms with Crippen molar-refractivity contribution in [2.24, 2.45) is 5.92 Å². The van der Waals surface area contributed by atoms with Crippen LogP contribution in [0.1, 0.15) is 52.9 Å². The highest BCUT2D eigenvalue weighted by atomic mass is 16.6. The topological polar surface area (TPSA) is 64.6 Å². The lowest BCUT2D eigenvalue weighted by Gasteiger charge is -2.30. The number of rotatable bonds is 4. The van der Waals surface area contributed by atoms with Gasteiger partial charge in [0.25, 0.3) is 0 Å². The number of methoxy groups -OCH3 is 1. The van der Waals surface area contributed by atoms with Crippen molar-refractivity contribution in [1.29, 1.82) is 0 Å². The molecule has 0 radical (unpaired) electrons. The van der Waals surface area contributed by atoms with Gasteiger partial charge in [0.1, 0.15) is 5.60 Å². The molecule has 0 unspecified atom stereocenters. The van der Waals surface area contributed by atoms with E-state index in [4.69, 9.17) is 4.74 Å². The van der Waals surface area contributed by atoms with Crippen molar-refractivity contribution in [3.63, 3.8) is 0 Å². The van der Waals surface area contributed by atoms with E-state index in [0.29, 0.717) is 5.92 Å². The average Bonchev–Trinajstić information content (AvgIpc) is 2.42. The summed E-state index contributed by atoms with van der Waals surface area (Å²) in [4.78, 5) is 23.2. The molecule has 5 nitrogen and oxygen atoms in total. The van der Waals surface area contributed by atoms with E-state index in [2.05, 4.69) is 10.1 Å². The van der Waals surface area contributed by atoms with Crippen LogP contribution in [0.25, 0.3) is 0 Å². The number of hydrogen-bond donors (Lipinski definition) is 1. The van der Waals surface area contributed by atoms with E-state index >= 15 is 0 Å². The summed E-state index contributed by atoms with van der Waals surface area (Å²) in [6.45, 7) is 5.48. The summed E-state index contributed by atoms with van der Waals surface area (Å²) in [7, 11) is 1.34. The van der Waals surface area contributed by atoms with Crippen LogP contribution in [0.5, 0.6) is 0 Å². The number of alkyl carbamates (subject to hydrolysis) is 1. The van der Waals surface area contributed by atoms with Crippen LogP contribution in [0.3, 0.4) is 0 Å². The largest absolute Gasteiger partial charge is 0.466 e. The Hall–Kier alpha value is -1.52. The van der Waals surface area contributed by atoms with Crippen LogP contribution in [0, 0.1) is 5.92 Å². The van der Waals surface area contributed by atoms with Gasteiger partial charge in [-0.3, -0.25) is 0 Å². The maximum atomic E-state index is 11.9. The van der Waals surface area contributed by atoms with Crippen LogP contribution in [0.15, 0.2) is 12.2 Å². The second-order valence-electron chi connectivity index (χ2n) is 6.45. The predicted octanol–water partition coefficient (Wildman–Crippen LogP) is 3.19. The first-order valence-electron chi connectivity index (χ1n) is 7.57. The van der Waals surface area contributed by atoms with Crippen molar-refractivity contribution >= 4 is 12.1 Å². The Labute approximate surface area is 127 Å². The minimum Gasteiger partial charge on any atom is -0.466 e. The monoisotopic (exact) mass is 297 g/mol. The molecule has 0 aromatic heterocycles. The standard InChI is InChI=1S/C16H27NO4/c1-16(2,3)21-15(19)17-13(10-11-14(18)20-4)12-8-6-5-7-9-12/h10-13H,5-9H2,1-4H3,(H,17,19)/b11-10-/t13-/m0/s1. The van der Waals surface area contributed by atoms with Crippen molar-refractivity contribution in [2.75, 3.05) is 7.11 Å². The number of carbonyl (C=O) groups is 2. The van der Waals surface area contributed by atoms with Gasteiger partial charge >= 0.3 is 12.1 Å². The third-order valence-corrected chi connectivity index (χ3v) is 3.48. The number of nitrogens with one attached hydrogen (secondary N) is 1. The molecule has 1 amide bonds. The van der Waals surface area contributed by atoms with Crippen molar-refractivity contribution in [3.8, 4) is 0 Å². The van der Waals surface area contributed by atoms with Crippen LogP contribution in [0.2, 0.25) is 0 Å². The fourth-order valence-electron chi connectivity index (χ4n) is 2.51. The molecule has 120 valence electrons. The zero-order valence-electron chi connectivity index (χ0n) is 13.5. The van der Waals surface area contributed by atoms with Gasteiger partial charge in [-0.25, -0.2) is 9.59 Å². The molecular weight excluding hydrogens is 270 g/mol. The summed E-state index contributed by atoms with van der Waals surface area (Å²) in [6, 6.07) is -0.195. The summed E-state index contributed by atoms with van der Waals surface area (Å²) in [5.41, 5.74) is -0.534. The quantitative estimate of drug-likeness (QED) is 0.639. The predicted molar refractivity (Wildman–Crippen MR) is 80.9 cm³/mol. The van der Waals surface area contributed by atoms with Crippen LogP contribution in [-0.2, 0) is 14.3 Å². The first-order chi connectivity index (χ1) is 9.81. The summed E-state index contributed by atoms with van der Waals surface area (Å²) in [5, 5.41) is 2.87. The first-order valence-corrected chi connectivity index (χ1v) is 7.57. The van der Waals surface area contributed by atoms with Crippen LogP contribution >= 0.6 is 0 Å². The molecule has 1 aliphatic rings. The van der Waals surface area contributed by atoms with E-state index in [0.717, 1.165) is 25.7 Å². The smallest absolute Gasteiger partial charge is 0.408 e. The Morgan fingerprint density at radius 1 is 1.19 bits per heavy atom. The molecule has 1 fully saturated rings. The van der Waals surface area contributed by atoms with Gasteiger partial charge in [0.15, 0.2) is 0 Å². The molecule has 0 aliphatic heterocycles. The lowest BCUT2D eigenvalue weighted by atomic mass is 9.84. The van der Waals surface area contributed by atoms with Crippen molar-refractivity contribution < 1.29 is 19.1 Å². The molecule has 1 atom stereocenters. The highest BCUT2D eigenvalue weighted by Crippen LogP contribution is 2.27. The molecule has 0 spiro atoms. The third kappa shape index (κ3) is 7.16. The molecule has 1 rings (SSSR count). The minimum atomic E-state index is -0.534. The highest BCUT2D eigenvalue weighted by Gasteiger charge is 2.25. The molecule has 0 aromatic carbocycles.